The van der Waals surface area contributed by atoms with Crippen molar-refractivity contribution < 1.29 is 14.6 Å². The largest absolute Gasteiger partial charge is 0.375 e. The van der Waals surface area contributed by atoms with Gasteiger partial charge in [0.25, 0.3) is 0 Å². The van der Waals surface area contributed by atoms with Gasteiger partial charge in [-0.1, -0.05) is 35.5 Å². The minimum atomic E-state index is -0.551. The lowest BCUT2D eigenvalue weighted by Gasteiger charge is -2.01. The van der Waals surface area contributed by atoms with Gasteiger partial charge in [-0.3, -0.25) is 0 Å². The quantitative estimate of drug-likeness (QED) is 0.347. The third-order valence-electron chi connectivity index (χ3n) is 3.20. The average molecular weight is 292 g/mol. The summed E-state index contributed by atoms with van der Waals surface area (Å²) in [4.78, 5) is 19.8. The molecule has 5 nitrogen and oxygen atoms in total. The van der Waals surface area contributed by atoms with Crippen molar-refractivity contribution >= 4 is 22.6 Å². The average Bonchev–Trinajstić information content (AvgIpc) is 2.59. The number of aromatic amines is 1. The van der Waals surface area contributed by atoms with Crippen LogP contribution < -0.4 is 10.7 Å². The number of aromatic nitrogens is 1. The standard InChI is InChI=1S/C17H13N3O2/c18-16(15-7-3-4-10-19-15)20-22-17(21)14-9-8-12-5-1-2-6-13(12)11-14/h1-11H,(H2,18,20)/p+1. The molecule has 2 aromatic carbocycles. The van der Waals surface area contributed by atoms with Gasteiger partial charge in [-0.25, -0.2) is 9.78 Å². The minimum absolute atomic E-state index is 0.106. The van der Waals surface area contributed by atoms with Crippen molar-refractivity contribution in [3.8, 4) is 0 Å². The maximum Gasteiger partial charge on any atom is 0.365 e. The van der Waals surface area contributed by atoms with E-state index >= 15 is 0 Å². The maximum atomic E-state index is 12.0. The highest BCUT2D eigenvalue weighted by Crippen LogP contribution is 2.16. The number of oxime groups is 1. The number of pyridine rings is 1. The molecule has 0 aliphatic rings. The van der Waals surface area contributed by atoms with Crippen molar-refractivity contribution in [2.75, 3.05) is 0 Å². The number of nitrogens with two attached hydrogens (primary N) is 1. The summed E-state index contributed by atoms with van der Waals surface area (Å²) >= 11 is 0. The molecule has 5 heteroatoms. The second kappa shape index (κ2) is 6.05. The topological polar surface area (TPSA) is 78.8 Å². The van der Waals surface area contributed by atoms with E-state index in [4.69, 9.17) is 10.6 Å². The molecule has 0 saturated carbocycles. The summed E-state index contributed by atoms with van der Waals surface area (Å²) in [6.07, 6.45) is 1.71. The van der Waals surface area contributed by atoms with Gasteiger partial charge in [0.1, 0.15) is 0 Å². The highest BCUT2D eigenvalue weighted by atomic mass is 16.7. The van der Waals surface area contributed by atoms with Crippen LogP contribution in [0.1, 0.15) is 16.1 Å². The predicted molar refractivity (Wildman–Crippen MR) is 83.1 cm³/mol. The molecule has 0 aliphatic carbocycles. The first-order valence-corrected chi connectivity index (χ1v) is 6.75. The number of nitrogens with zero attached hydrogens (tertiary/aromatic N) is 1. The van der Waals surface area contributed by atoms with Gasteiger partial charge in [-0.2, -0.15) is 0 Å². The van der Waals surface area contributed by atoms with Crippen LogP contribution in [0.5, 0.6) is 0 Å². The number of fused-ring (bicyclic) bond motifs is 1. The number of carbonyl (C=O) groups excluding carboxylic acids is 1. The van der Waals surface area contributed by atoms with Crippen LogP contribution in [0.2, 0.25) is 0 Å². The molecule has 1 aromatic heterocycles. The molecular formula is C17H14N3O2+. The zero-order chi connectivity index (χ0) is 15.4. The normalized spacial score (nSPS) is 11.4. The molecule has 108 valence electrons. The minimum Gasteiger partial charge on any atom is -0.375 e. The maximum absolute atomic E-state index is 12.0. The molecule has 3 rings (SSSR count). The van der Waals surface area contributed by atoms with E-state index in [-0.39, 0.29) is 5.84 Å². The highest BCUT2D eigenvalue weighted by molar-refractivity contribution is 5.97. The zero-order valence-corrected chi connectivity index (χ0v) is 11.7. The Bertz CT molecular complexity index is 845. The van der Waals surface area contributed by atoms with Gasteiger partial charge in [0.15, 0.2) is 6.20 Å². The summed E-state index contributed by atoms with van der Waals surface area (Å²) in [6, 6.07) is 18.5. The van der Waals surface area contributed by atoms with Gasteiger partial charge in [-0.15, -0.1) is 0 Å². The third kappa shape index (κ3) is 2.93. The Morgan fingerprint density at radius 3 is 2.55 bits per heavy atom. The Morgan fingerprint density at radius 2 is 1.77 bits per heavy atom. The van der Waals surface area contributed by atoms with E-state index in [0.717, 1.165) is 10.8 Å². The van der Waals surface area contributed by atoms with Gasteiger partial charge >= 0.3 is 5.97 Å². The number of H-pyrrole nitrogens is 1. The molecule has 0 amide bonds. The van der Waals surface area contributed by atoms with Crippen LogP contribution in [0.15, 0.2) is 72.0 Å². The summed E-state index contributed by atoms with van der Waals surface area (Å²) in [5.41, 5.74) is 6.75. The second-order valence-electron chi connectivity index (χ2n) is 4.69. The number of benzene rings is 2. The van der Waals surface area contributed by atoms with Crippen LogP contribution in [0, 0.1) is 0 Å². The van der Waals surface area contributed by atoms with Crippen LogP contribution in [-0.4, -0.2) is 11.8 Å². The third-order valence-corrected chi connectivity index (χ3v) is 3.20. The fourth-order valence-electron chi connectivity index (χ4n) is 2.06. The first-order valence-electron chi connectivity index (χ1n) is 6.75. The van der Waals surface area contributed by atoms with E-state index in [1.54, 1.807) is 30.5 Å². The van der Waals surface area contributed by atoms with Gasteiger partial charge in [-0.05, 0) is 29.0 Å². The van der Waals surface area contributed by atoms with Crippen LogP contribution in [0.4, 0.5) is 0 Å². The van der Waals surface area contributed by atoms with Crippen LogP contribution in [-0.2, 0) is 4.84 Å². The Morgan fingerprint density at radius 1 is 1.00 bits per heavy atom. The molecule has 0 saturated heterocycles. The molecular weight excluding hydrogens is 278 g/mol. The van der Waals surface area contributed by atoms with E-state index in [1.165, 1.54) is 0 Å². The molecule has 22 heavy (non-hydrogen) atoms. The highest BCUT2D eigenvalue weighted by Gasteiger charge is 2.10. The fourth-order valence-corrected chi connectivity index (χ4v) is 2.06. The van der Waals surface area contributed by atoms with E-state index in [1.807, 2.05) is 36.4 Å². The lowest BCUT2D eigenvalue weighted by Crippen LogP contribution is -2.24. The van der Waals surface area contributed by atoms with Crippen molar-refractivity contribution in [1.29, 1.82) is 0 Å². The SMILES string of the molecule is NC(=NOC(=O)c1ccc2ccccc2c1)c1cccc[nH+]1. The second-order valence-corrected chi connectivity index (χ2v) is 4.69. The van der Waals surface area contributed by atoms with E-state index in [2.05, 4.69) is 10.1 Å². The number of hydrogen-bond acceptors (Lipinski definition) is 3. The molecule has 3 N–H and O–H groups in total. The van der Waals surface area contributed by atoms with E-state index in [0.29, 0.717) is 11.3 Å². The molecule has 0 atom stereocenters. The van der Waals surface area contributed by atoms with Crippen LogP contribution in [0.25, 0.3) is 10.8 Å². The Labute approximate surface area is 127 Å². The zero-order valence-electron chi connectivity index (χ0n) is 11.7. The Hall–Kier alpha value is -3.21. The summed E-state index contributed by atoms with van der Waals surface area (Å²) in [7, 11) is 0. The summed E-state index contributed by atoms with van der Waals surface area (Å²) in [5.74, 6) is -0.445. The Kier molecular flexibility index (Phi) is 3.78. The van der Waals surface area contributed by atoms with Crippen molar-refractivity contribution in [1.82, 2.24) is 0 Å². The Balaban J connectivity index is 1.78. The number of rotatable bonds is 3. The molecule has 0 bridgehead atoms. The summed E-state index contributed by atoms with van der Waals surface area (Å²) in [6.45, 7) is 0. The molecule has 3 aromatic rings. The number of amidine groups is 1. The molecule has 1 heterocycles. The van der Waals surface area contributed by atoms with Crippen LogP contribution in [0.3, 0.4) is 0 Å². The number of carbonyl (C=O) groups is 1. The van der Waals surface area contributed by atoms with Crippen LogP contribution >= 0.6 is 0 Å². The van der Waals surface area contributed by atoms with Crippen molar-refractivity contribution in [3.05, 3.63) is 78.1 Å². The lowest BCUT2D eigenvalue weighted by molar-refractivity contribution is -0.380. The molecule has 0 unspecified atom stereocenters. The smallest absolute Gasteiger partial charge is 0.365 e. The van der Waals surface area contributed by atoms with Crippen molar-refractivity contribution in [3.63, 3.8) is 0 Å². The monoisotopic (exact) mass is 292 g/mol. The summed E-state index contributed by atoms with van der Waals surface area (Å²) in [5, 5.41) is 5.68. The first kappa shape index (κ1) is 13.8. The van der Waals surface area contributed by atoms with Crippen molar-refractivity contribution in [2.24, 2.45) is 10.9 Å². The number of hydrogen-bond donors (Lipinski definition) is 1. The lowest BCUT2D eigenvalue weighted by atomic mass is 10.1. The van der Waals surface area contributed by atoms with Crippen molar-refractivity contribution in [2.45, 2.75) is 0 Å². The summed E-state index contributed by atoms with van der Waals surface area (Å²) < 4.78 is 0. The molecule has 0 radical (unpaired) electrons. The van der Waals surface area contributed by atoms with Gasteiger partial charge in [0, 0.05) is 12.1 Å². The fraction of sp³-hybridized carbons (Fsp3) is 0. The number of nitrogens with one attached hydrogen (secondary N) is 1. The van der Waals surface area contributed by atoms with Gasteiger partial charge in [0.05, 0.1) is 5.56 Å². The van der Waals surface area contributed by atoms with E-state index < -0.39 is 5.97 Å². The molecule has 0 fully saturated rings. The predicted octanol–water partition coefficient (Wildman–Crippen LogP) is 2.13. The first-order chi connectivity index (χ1) is 10.7. The van der Waals surface area contributed by atoms with Gasteiger partial charge < -0.3 is 10.6 Å². The van der Waals surface area contributed by atoms with E-state index in [9.17, 15) is 4.79 Å². The molecule has 0 spiro atoms. The molecule has 0 aliphatic heterocycles. The van der Waals surface area contributed by atoms with Gasteiger partial charge in [0.2, 0.25) is 11.5 Å².